The zero-order valence-corrected chi connectivity index (χ0v) is 13.1. The number of amides is 1. The highest BCUT2D eigenvalue weighted by Crippen LogP contribution is 2.05. The maximum Gasteiger partial charge on any atom is 0.289 e. The van der Waals surface area contributed by atoms with E-state index in [-0.39, 0.29) is 36.9 Å². The summed E-state index contributed by atoms with van der Waals surface area (Å²) >= 11 is 0. The van der Waals surface area contributed by atoms with E-state index in [4.69, 9.17) is 5.21 Å². The largest absolute Gasteiger partial charge is 1.00 e. The molecule has 0 atom stereocenters. The Morgan fingerprint density at radius 2 is 2.00 bits per heavy atom. The van der Waals surface area contributed by atoms with Crippen LogP contribution >= 0.6 is 0 Å². The first-order chi connectivity index (χ1) is 8.95. The highest BCUT2D eigenvalue weighted by molar-refractivity contribution is 5.78. The highest BCUT2D eigenvalue weighted by Gasteiger charge is 2.23. The number of pyridine rings is 1. The van der Waals surface area contributed by atoms with Crippen LogP contribution in [-0.2, 0) is 11.3 Å². The van der Waals surface area contributed by atoms with Gasteiger partial charge in [-0.05, 0) is 33.8 Å². The third kappa shape index (κ3) is 5.17. The summed E-state index contributed by atoms with van der Waals surface area (Å²) in [5.74, 6) is 0.0769. The molecule has 5 nitrogen and oxygen atoms in total. The molecule has 1 N–H and O–H groups in total. The van der Waals surface area contributed by atoms with E-state index >= 15 is 0 Å². The van der Waals surface area contributed by atoms with E-state index in [0.29, 0.717) is 0 Å². The molecule has 0 bridgehead atoms. The average molecular weight is 300 g/mol. The first-order valence-electron chi connectivity index (χ1n) is 6.43. The lowest BCUT2D eigenvalue weighted by Gasteiger charge is -2.29. The standard InChI is InChI=1S/C14H21N3O2.ClH/c1-11(2)17(12(3)4)14(18)10-16-7-5-6-13(9-16)8-15-19;/h5-9,11-12H,10H2,1-4H3;1H. The molecule has 0 aliphatic heterocycles. The number of rotatable bonds is 5. The molecule has 6 heteroatoms. The van der Waals surface area contributed by atoms with Gasteiger partial charge in [0.2, 0.25) is 6.54 Å². The molecule has 0 aromatic carbocycles. The number of oxime groups is 1. The van der Waals surface area contributed by atoms with Gasteiger partial charge in [0.1, 0.15) is 0 Å². The van der Waals surface area contributed by atoms with Gasteiger partial charge in [-0.25, -0.2) is 0 Å². The summed E-state index contributed by atoms with van der Waals surface area (Å²) in [7, 11) is 0. The highest BCUT2D eigenvalue weighted by atomic mass is 35.5. The normalized spacial score (nSPS) is 10.9. The van der Waals surface area contributed by atoms with E-state index < -0.39 is 0 Å². The Balaban J connectivity index is 0.00000361. The molecule has 20 heavy (non-hydrogen) atoms. The molecule has 0 saturated heterocycles. The van der Waals surface area contributed by atoms with Crippen molar-refractivity contribution in [2.24, 2.45) is 5.16 Å². The lowest BCUT2D eigenvalue weighted by Crippen LogP contribution is -3.00. The molecule has 1 aromatic rings. The second kappa shape index (κ2) is 8.53. The summed E-state index contributed by atoms with van der Waals surface area (Å²) in [6.45, 7) is 8.33. The monoisotopic (exact) mass is 299 g/mol. The van der Waals surface area contributed by atoms with Gasteiger partial charge in [0, 0.05) is 18.2 Å². The van der Waals surface area contributed by atoms with Crippen molar-refractivity contribution in [3.63, 3.8) is 0 Å². The average Bonchev–Trinajstić information content (AvgIpc) is 2.28. The quantitative estimate of drug-likeness (QED) is 0.309. The minimum Gasteiger partial charge on any atom is -1.00 e. The number of aromatic nitrogens is 1. The van der Waals surface area contributed by atoms with Crippen LogP contribution in [0.4, 0.5) is 0 Å². The van der Waals surface area contributed by atoms with Crippen LogP contribution in [0.15, 0.2) is 29.7 Å². The molecule has 1 rings (SSSR count). The zero-order chi connectivity index (χ0) is 14.4. The van der Waals surface area contributed by atoms with Gasteiger partial charge in [-0.2, -0.15) is 4.57 Å². The summed E-state index contributed by atoms with van der Waals surface area (Å²) in [6.07, 6.45) is 4.94. The fraction of sp³-hybridized carbons (Fsp3) is 0.500. The molecule has 1 amide bonds. The second-order valence-electron chi connectivity index (χ2n) is 5.04. The Kier molecular flexibility index (Phi) is 7.84. The first-order valence-corrected chi connectivity index (χ1v) is 6.43. The number of halogens is 1. The summed E-state index contributed by atoms with van der Waals surface area (Å²) in [4.78, 5) is 14.1. The summed E-state index contributed by atoms with van der Waals surface area (Å²) in [5.41, 5.74) is 0.749. The number of hydrogen-bond acceptors (Lipinski definition) is 3. The third-order valence-corrected chi connectivity index (χ3v) is 2.81. The van der Waals surface area contributed by atoms with Gasteiger partial charge < -0.3 is 22.5 Å². The lowest BCUT2D eigenvalue weighted by molar-refractivity contribution is -0.685. The van der Waals surface area contributed by atoms with Gasteiger partial charge in [-0.3, -0.25) is 4.79 Å². The molecular formula is C14H22ClN3O2. The molecule has 0 aliphatic rings. The topological polar surface area (TPSA) is 56.8 Å². The van der Waals surface area contributed by atoms with E-state index in [1.165, 1.54) is 6.21 Å². The van der Waals surface area contributed by atoms with E-state index in [9.17, 15) is 4.79 Å². The first kappa shape index (κ1) is 18.4. The van der Waals surface area contributed by atoms with Crippen molar-refractivity contribution >= 4 is 12.1 Å². The molecule has 0 spiro atoms. The molecular weight excluding hydrogens is 278 g/mol. The Hall–Kier alpha value is -1.62. The third-order valence-electron chi connectivity index (χ3n) is 2.81. The van der Waals surface area contributed by atoms with Gasteiger partial charge >= 0.3 is 0 Å². The smallest absolute Gasteiger partial charge is 0.289 e. The maximum atomic E-state index is 12.3. The predicted octanol–water partition coefficient (Wildman–Crippen LogP) is -1.57. The van der Waals surface area contributed by atoms with Crippen LogP contribution in [0.3, 0.4) is 0 Å². The molecule has 112 valence electrons. The Morgan fingerprint density at radius 3 is 2.50 bits per heavy atom. The van der Waals surface area contributed by atoms with Crippen LogP contribution < -0.4 is 17.0 Å². The van der Waals surface area contributed by atoms with E-state index in [2.05, 4.69) is 5.16 Å². The fourth-order valence-corrected chi connectivity index (χ4v) is 2.19. The van der Waals surface area contributed by atoms with Crippen molar-refractivity contribution in [3.8, 4) is 0 Å². The van der Waals surface area contributed by atoms with Gasteiger partial charge in [-0.15, -0.1) is 0 Å². The molecule has 1 aromatic heterocycles. The summed E-state index contributed by atoms with van der Waals surface area (Å²) in [6, 6.07) is 3.98. The summed E-state index contributed by atoms with van der Waals surface area (Å²) in [5, 5.41) is 11.5. The van der Waals surface area contributed by atoms with Crippen LogP contribution in [0.25, 0.3) is 0 Å². The lowest BCUT2D eigenvalue weighted by atomic mass is 10.2. The molecule has 0 aliphatic carbocycles. The predicted molar refractivity (Wildman–Crippen MR) is 73.1 cm³/mol. The fourth-order valence-electron chi connectivity index (χ4n) is 2.19. The van der Waals surface area contributed by atoms with Crippen molar-refractivity contribution in [2.75, 3.05) is 0 Å². The Bertz CT molecular complexity index is 453. The van der Waals surface area contributed by atoms with Crippen LogP contribution in [0.2, 0.25) is 0 Å². The molecule has 1 heterocycles. The SMILES string of the molecule is CC(C)N(C(=O)C[n+]1cccc(C=NO)c1)C(C)C.[Cl-]. The number of carbonyl (C=O) groups is 1. The van der Waals surface area contributed by atoms with Gasteiger partial charge in [0.15, 0.2) is 12.4 Å². The van der Waals surface area contributed by atoms with Crippen molar-refractivity contribution in [1.29, 1.82) is 0 Å². The minimum absolute atomic E-state index is 0. The number of hydrogen-bond donors (Lipinski definition) is 1. The van der Waals surface area contributed by atoms with Crippen molar-refractivity contribution in [1.82, 2.24) is 4.90 Å². The minimum atomic E-state index is 0. The maximum absolute atomic E-state index is 12.3. The van der Waals surface area contributed by atoms with Crippen molar-refractivity contribution < 1.29 is 27.0 Å². The van der Waals surface area contributed by atoms with Crippen molar-refractivity contribution in [2.45, 2.75) is 46.3 Å². The van der Waals surface area contributed by atoms with Crippen LogP contribution in [0.1, 0.15) is 33.3 Å². The molecule has 0 unspecified atom stereocenters. The Morgan fingerprint density at radius 1 is 1.40 bits per heavy atom. The van der Waals surface area contributed by atoms with E-state index in [1.54, 1.807) is 10.8 Å². The van der Waals surface area contributed by atoms with E-state index in [1.807, 2.05) is 50.9 Å². The van der Waals surface area contributed by atoms with Gasteiger partial charge in [0.25, 0.3) is 5.91 Å². The zero-order valence-electron chi connectivity index (χ0n) is 12.3. The molecule has 0 fully saturated rings. The van der Waals surface area contributed by atoms with Crippen LogP contribution in [-0.4, -0.2) is 34.3 Å². The van der Waals surface area contributed by atoms with Crippen molar-refractivity contribution in [3.05, 3.63) is 30.1 Å². The molecule has 0 radical (unpaired) electrons. The van der Waals surface area contributed by atoms with Crippen LogP contribution in [0, 0.1) is 0 Å². The van der Waals surface area contributed by atoms with E-state index in [0.717, 1.165) is 5.56 Å². The Labute approximate surface area is 126 Å². The summed E-state index contributed by atoms with van der Waals surface area (Å²) < 4.78 is 1.79. The van der Waals surface area contributed by atoms with Crippen LogP contribution in [0.5, 0.6) is 0 Å². The second-order valence-corrected chi connectivity index (χ2v) is 5.04. The van der Waals surface area contributed by atoms with Gasteiger partial charge in [-0.1, -0.05) is 5.16 Å². The number of nitrogens with zero attached hydrogens (tertiary/aromatic N) is 3. The number of carbonyl (C=O) groups excluding carboxylic acids is 1. The molecule has 0 saturated carbocycles. The van der Waals surface area contributed by atoms with Gasteiger partial charge in [0.05, 0.1) is 11.8 Å².